The number of hydrogen-bond acceptors (Lipinski definition) is 3. The topological polar surface area (TPSA) is 55.1 Å². The van der Waals surface area contributed by atoms with Gasteiger partial charge >= 0.3 is 0 Å². The maximum atomic E-state index is 11.8. The van der Waals surface area contributed by atoms with Crippen LogP contribution in [0.25, 0.3) is 0 Å². The number of rotatable bonds is 5. The highest BCUT2D eigenvalue weighted by atomic mass is 127. The number of carbonyl (C=O) groups is 1. The summed E-state index contributed by atoms with van der Waals surface area (Å²) in [6, 6.07) is 4.23. The Balaban J connectivity index is 2.59. The molecule has 0 aromatic heterocycles. The molecule has 0 spiro atoms. The maximum Gasteiger partial charge on any atom is 0.234 e. The molecule has 1 aromatic rings. The number of benzene rings is 1. The number of hydrogen-bond donors (Lipinski definition) is 2. The van der Waals surface area contributed by atoms with E-state index in [1.807, 2.05) is 19.1 Å². The van der Waals surface area contributed by atoms with Crippen LogP contribution in [0.1, 0.15) is 6.92 Å². The predicted molar refractivity (Wildman–Crippen MR) is 104 cm³/mol. The monoisotopic (exact) mass is 602 g/mol. The van der Waals surface area contributed by atoms with Crippen LogP contribution >= 0.6 is 79.5 Å². The van der Waals surface area contributed by atoms with Crippen LogP contribution in [0.15, 0.2) is 12.1 Å². The van der Waals surface area contributed by atoms with Crippen molar-refractivity contribution in [3.05, 3.63) is 22.8 Å². The van der Waals surface area contributed by atoms with Crippen LogP contribution < -0.4 is 11.1 Å². The summed E-state index contributed by atoms with van der Waals surface area (Å²) in [5, 5.41) is 2.96. The molecule has 1 aromatic carbocycles. The molecule has 7 heteroatoms. The molecule has 0 aliphatic rings. The molecule has 0 saturated heterocycles. The largest absolute Gasteiger partial charge is 0.327 e. The van der Waals surface area contributed by atoms with E-state index in [1.165, 1.54) is 3.57 Å². The van der Waals surface area contributed by atoms with Gasteiger partial charge in [-0.25, -0.2) is 0 Å². The molecule has 0 bridgehead atoms. The standard InChI is InChI=1S/C11H13I3N2OS/c1-6(15)4-18-5-10(17)16-11-8(13)2-7(12)3-9(11)14/h2-3,6H,4-5,15H2,1H3,(H,16,17). The lowest BCUT2D eigenvalue weighted by Gasteiger charge is -2.11. The SMILES string of the molecule is CC(N)CSCC(=O)Nc1c(I)cc(I)cc1I. The van der Waals surface area contributed by atoms with Crippen molar-refractivity contribution < 1.29 is 4.79 Å². The Morgan fingerprint density at radius 3 is 2.44 bits per heavy atom. The highest BCUT2D eigenvalue weighted by Crippen LogP contribution is 2.27. The Morgan fingerprint density at radius 1 is 1.39 bits per heavy atom. The third-order valence-electron chi connectivity index (χ3n) is 1.89. The van der Waals surface area contributed by atoms with Gasteiger partial charge in [0.1, 0.15) is 0 Å². The van der Waals surface area contributed by atoms with E-state index >= 15 is 0 Å². The molecule has 100 valence electrons. The van der Waals surface area contributed by atoms with Crippen molar-refractivity contribution in [1.29, 1.82) is 0 Å². The second-order valence-corrected chi connectivity index (χ2v) is 8.39. The molecular formula is C11H13I3N2OS. The molecule has 0 radical (unpaired) electrons. The van der Waals surface area contributed by atoms with Gasteiger partial charge in [-0.3, -0.25) is 4.79 Å². The van der Waals surface area contributed by atoms with Crippen LogP contribution in [-0.2, 0) is 4.79 Å². The lowest BCUT2D eigenvalue weighted by atomic mass is 10.3. The summed E-state index contributed by atoms with van der Waals surface area (Å²) in [5.74, 6) is 1.27. The summed E-state index contributed by atoms with van der Waals surface area (Å²) in [7, 11) is 0. The van der Waals surface area contributed by atoms with Gasteiger partial charge in [-0.2, -0.15) is 11.8 Å². The van der Waals surface area contributed by atoms with Gasteiger partial charge in [-0.15, -0.1) is 0 Å². The third kappa shape index (κ3) is 6.09. The Kier molecular flexibility index (Phi) is 8.11. The zero-order valence-corrected chi connectivity index (χ0v) is 17.0. The molecule has 0 aliphatic carbocycles. The first-order valence-corrected chi connectivity index (χ1v) is 9.57. The van der Waals surface area contributed by atoms with E-state index in [0.29, 0.717) is 5.75 Å². The van der Waals surface area contributed by atoms with Gasteiger partial charge in [0.05, 0.1) is 11.4 Å². The Morgan fingerprint density at radius 2 is 1.94 bits per heavy atom. The van der Waals surface area contributed by atoms with Crippen molar-refractivity contribution in [2.75, 3.05) is 16.8 Å². The zero-order valence-electron chi connectivity index (χ0n) is 9.67. The van der Waals surface area contributed by atoms with Crippen molar-refractivity contribution in [3.8, 4) is 0 Å². The summed E-state index contributed by atoms with van der Waals surface area (Å²) >= 11 is 8.32. The van der Waals surface area contributed by atoms with Gasteiger partial charge in [-0.05, 0) is 86.8 Å². The minimum absolute atomic E-state index is 0.0256. The van der Waals surface area contributed by atoms with Gasteiger partial charge in [-0.1, -0.05) is 0 Å². The molecule has 1 amide bonds. The second-order valence-electron chi connectivity index (χ2n) is 3.79. The highest BCUT2D eigenvalue weighted by Gasteiger charge is 2.10. The molecule has 0 aliphatic heterocycles. The van der Waals surface area contributed by atoms with Gasteiger partial charge in [0, 0.05) is 22.5 Å². The van der Waals surface area contributed by atoms with Crippen molar-refractivity contribution >= 4 is 91.1 Å². The zero-order chi connectivity index (χ0) is 13.7. The first kappa shape index (κ1) is 17.2. The van der Waals surface area contributed by atoms with Crippen LogP contribution in [0.4, 0.5) is 5.69 Å². The number of nitrogens with one attached hydrogen (secondary N) is 1. The van der Waals surface area contributed by atoms with E-state index in [4.69, 9.17) is 5.73 Å². The number of nitrogens with two attached hydrogens (primary N) is 1. The normalized spacial score (nSPS) is 12.3. The molecule has 0 saturated carbocycles. The summed E-state index contributed by atoms with van der Waals surface area (Å²) in [6.45, 7) is 1.94. The number of halogens is 3. The van der Waals surface area contributed by atoms with Crippen LogP contribution in [0, 0.1) is 10.7 Å². The summed E-state index contributed by atoms with van der Waals surface area (Å²) in [6.07, 6.45) is 0. The summed E-state index contributed by atoms with van der Waals surface area (Å²) in [5.41, 5.74) is 6.55. The van der Waals surface area contributed by atoms with Crippen LogP contribution in [-0.4, -0.2) is 23.5 Å². The quantitative estimate of drug-likeness (QED) is 0.508. The van der Waals surface area contributed by atoms with Gasteiger partial charge in [0.15, 0.2) is 0 Å². The summed E-state index contributed by atoms with van der Waals surface area (Å²) in [4.78, 5) is 11.8. The fourth-order valence-electron chi connectivity index (χ4n) is 1.17. The molecule has 0 heterocycles. The van der Waals surface area contributed by atoms with Gasteiger partial charge < -0.3 is 11.1 Å². The van der Waals surface area contributed by atoms with E-state index in [1.54, 1.807) is 11.8 Å². The lowest BCUT2D eigenvalue weighted by molar-refractivity contribution is -0.113. The van der Waals surface area contributed by atoms with E-state index in [-0.39, 0.29) is 11.9 Å². The predicted octanol–water partition coefficient (Wildman–Crippen LogP) is 3.52. The fourth-order valence-corrected chi connectivity index (χ4v) is 5.77. The number of thioether (sulfide) groups is 1. The van der Waals surface area contributed by atoms with Gasteiger partial charge in [0.25, 0.3) is 0 Å². The average Bonchev–Trinajstić information content (AvgIpc) is 2.22. The van der Waals surface area contributed by atoms with Crippen LogP contribution in [0.5, 0.6) is 0 Å². The van der Waals surface area contributed by atoms with Crippen molar-refractivity contribution in [1.82, 2.24) is 0 Å². The first-order chi connectivity index (χ1) is 8.40. The molecule has 1 atom stereocenters. The maximum absolute atomic E-state index is 11.8. The van der Waals surface area contributed by atoms with Crippen LogP contribution in [0.3, 0.4) is 0 Å². The molecular weight excluding hydrogens is 589 g/mol. The fraction of sp³-hybridized carbons (Fsp3) is 0.364. The van der Waals surface area contributed by atoms with Crippen molar-refractivity contribution in [2.24, 2.45) is 5.73 Å². The Labute approximate surface area is 152 Å². The molecule has 3 N–H and O–H groups in total. The Hall–Kier alpha value is 1.19. The molecule has 0 fully saturated rings. The van der Waals surface area contributed by atoms with Crippen molar-refractivity contribution in [3.63, 3.8) is 0 Å². The van der Waals surface area contributed by atoms with E-state index < -0.39 is 0 Å². The lowest BCUT2D eigenvalue weighted by Crippen LogP contribution is -2.21. The highest BCUT2D eigenvalue weighted by molar-refractivity contribution is 14.1. The Bertz CT molecular complexity index is 417. The van der Waals surface area contributed by atoms with E-state index in [2.05, 4.69) is 73.1 Å². The van der Waals surface area contributed by atoms with Gasteiger partial charge in [0.2, 0.25) is 5.91 Å². The molecule has 1 unspecified atom stereocenters. The number of amides is 1. The average molecular weight is 602 g/mol. The molecule has 18 heavy (non-hydrogen) atoms. The number of anilines is 1. The smallest absolute Gasteiger partial charge is 0.234 e. The summed E-state index contributed by atoms with van der Waals surface area (Å²) < 4.78 is 3.30. The minimum atomic E-state index is 0.0256. The second kappa shape index (κ2) is 8.47. The van der Waals surface area contributed by atoms with Crippen LogP contribution in [0.2, 0.25) is 0 Å². The van der Waals surface area contributed by atoms with E-state index in [0.717, 1.165) is 18.6 Å². The molecule has 1 rings (SSSR count). The molecule has 3 nitrogen and oxygen atoms in total. The third-order valence-corrected chi connectivity index (χ3v) is 5.44. The van der Waals surface area contributed by atoms with Crippen molar-refractivity contribution in [2.45, 2.75) is 13.0 Å². The minimum Gasteiger partial charge on any atom is -0.327 e. The van der Waals surface area contributed by atoms with E-state index in [9.17, 15) is 4.79 Å². The first-order valence-electron chi connectivity index (χ1n) is 5.18. The number of carbonyl (C=O) groups excluding carboxylic acids is 1.